The lowest BCUT2D eigenvalue weighted by Crippen LogP contribution is -2.29. The standard InChI is InChI=1S/C19H21N3O2/c1-13(12-20)18(23)21-16-7-4-6-15(11-16)19(24)22-10-9-14-5-2-3-8-17(14)22/h2-8,11,13H,9-10,12,20H2,1H3,(H,21,23). The van der Waals surface area contributed by atoms with Crippen LogP contribution in [0, 0.1) is 5.92 Å². The van der Waals surface area contributed by atoms with Crippen molar-refractivity contribution in [2.45, 2.75) is 13.3 Å². The Hall–Kier alpha value is -2.66. The van der Waals surface area contributed by atoms with E-state index in [1.807, 2.05) is 24.3 Å². The van der Waals surface area contributed by atoms with Crippen LogP contribution in [-0.4, -0.2) is 24.9 Å². The molecule has 3 N–H and O–H groups in total. The van der Waals surface area contributed by atoms with Gasteiger partial charge in [-0.3, -0.25) is 9.59 Å². The Labute approximate surface area is 141 Å². The Morgan fingerprint density at radius 2 is 2.00 bits per heavy atom. The first-order valence-corrected chi connectivity index (χ1v) is 8.11. The molecule has 0 aromatic heterocycles. The number of benzene rings is 2. The Morgan fingerprint density at radius 3 is 2.79 bits per heavy atom. The highest BCUT2D eigenvalue weighted by molar-refractivity contribution is 6.08. The Morgan fingerprint density at radius 1 is 1.21 bits per heavy atom. The van der Waals surface area contributed by atoms with E-state index in [4.69, 9.17) is 5.73 Å². The van der Waals surface area contributed by atoms with Crippen LogP contribution in [0.2, 0.25) is 0 Å². The average Bonchev–Trinajstić information content (AvgIpc) is 3.04. The fourth-order valence-electron chi connectivity index (χ4n) is 2.81. The van der Waals surface area contributed by atoms with Gasteiger partial charge in [0.2, 0.25) is 5.91 Å². The molecule has 0 bridgehead atoms. The molecule has 0 saturated heterocycles. The van der Waals surface area contributed by atoms with E-state index in [1.165, 1.54) is 5.56 Å². The number of fused-ring (bicyclic) bond motifs is 1. The zero-order valence-corrected chi connectivity index (χ0v) is 13.7. The maximum Gasteiger partial charge on any atom is 0.258 e. The van der Waals surface area contributed by atoms with Gasteiger partial charge in [0, 0.05) is 35.9 Å². The summed E-state index contributed by atoms with van der Waals surface area (Å²) in [5.41, 5.74) is 8.83. The van der Waals surface area contributed by atoms with E-state index in [0.29, 0.717) is 17.8 Å². The summed E-state index contributed by atoms with van der Waals surface area (Å²) in [6, 6.07) is 15.0. The molecule has 1 aliphatic rings. The van der Waals surface area contributed by atoms with Crippen molar-refractivity contribution < 1.29 is 9.59 Å². The van der Waals surface area contributed by atoms with Gasteiger partial charge in [-0.15, -0.1) is 0 Å². The summed E-state index contributed by atoms with van der Waals surface area (Å²) in [6.45, 7) is 2.74. The maximum atomic E-state index is 12.8. The summed E-state index contributed by atoms with van der Waals surface area (Å²) in [6.07, 6.45) is 0.867. The first-order valence-electron chi connectivity index (χ1n) is 8.11. The monoisotopic (exact) mass is 323 g/mol. The zero-order chi connectivity index (χ0) is 17.1. The SMILES string of the molecule is CC(CN)C(=O)Nc1cccc(C(=O)N2CCc3ccccc32)c1. The number of anilines is 2. The number of para-hydroxylation sites is 1. The molecule has 0 radical (unpaired) electrons. The molecule has 5 heteroatoms. The zero-order valence-electron chi connectivity index (χ0n) is 13.7. The molecule has 1 heterocycles. The third-order valence-corrected chi connectivity index (χ3v) is 4.31. The van der Waals surface area contributed by atoms with Crippen LogP contribution in [0.1, 0.15) is 22.8 Å². The minimum absolute atomic E-state index is 0.0528. The van der Waals surface area contributed by atoms with Crippen LogP contribution in [-0.2, 0) is 11.2 Å². The Kier molecular flexibility index (Phi) is 4.62. The van der Waals surface area contributed by atoms with Crippen molar-refractivity contribution in [3.05, 3.63) is 59.7 Å². The molecular weight excluding hydrogens is 302 g/mol. The predicted molar refractivity (Wildman–Crippen MR) is 95.1 cm³/mol. The second-order valence-corrected chi connectivity index (χ2v) is 6.04. The third kappa shape index (κ3) is 3.16. The van der Waals surface area contributed by atoms with Crippen LogP contribution >= 0.6 is 0 Å². The minimum Gasteiger partial charge on any atom is -0.330 e. The van der Waals surface area contributed by atoms with Gasteiger partial charge >= 0.3 is 0 Å². The highest BCUT2D eigenvalue weighted by Crippen LogP contribution is 2.29. The number of hydrogen-bond donors (Lipinski definition) is 2. The van der Waals surface area contributed by atoms with Crippen molar-refractivity contribution in [1.29, 1.82) is 0 Å². The van der Waals surface area contributed by atoms with Gasteiger partial charge in [0.25, 0.3) is 5.91 Å². The van der Waals surface area contributed by atoms with Crippen molar-refractivity contribution in [3.63, 3.8) is 0 Å². The van der Waals surface area contributed by atoms with Crippen molar-refractivity contribution in [2.24, 2.45) is 11.7 Å². The number of nitrogens with one attached hydrogen (secondary N) is 1. The van der Waals surface area contributed by atoms with E-state index in [2.05, 4.69) is 5.32 Å². The molecule has 2 amide bonds. The number of rotatable bonds is 4. The van der Waals surface area contributed by atoms with Gasteiger partial charge < -0.3 is 16.0 Å². The van der Waals surface area contributed by atoms with Crippen LogP contribution in [0.3, 0.4) is 0 Å². The van der Waals surface area contributed by atoms with Gasteiger partial charge in [0.15, 0.2) is 0 Å². The van der Waals surface area contributed by atoms with Crippen molar-refractivity contribution in [1.82, 2.24) is 0 Å². The molecule has 24 heavy (non-hydrogen) atoms. The van der Waals surface area contributed by atoms with Crippen LogP contribution in [0.15, 0.2) is 48.5 Å². The number of amides is 2. The largest absolute Gasteiger partial charge is 0.330 e. The molecule has 0 aliphatic carbocycles. The van der Waals surface area contributed by atoms with Crippen LogP contribution in [0.25, 0.3) is 0 Å². The topological polar surface area (TPSA) is 75.4 Å². The molecule has 1 atom stereocenters. The second-order valence-electron chi connectivity index (χ2n) is 6.04. The lowest BCUT2D eigenvalue weighted by atomic mass is 10.1. The van der Waals surface area contributed by atoms with E-state index < -0.39 is 0 Å². The summed E-state index contributed by atoms with van der Waals surface area (Å²) in [5.74, 6) is -0.466. The summed E-state index contributed by atoms with van der Waals surface area (Å²) in [5, 5.41) is 2.81. The molecule has 2 aromatic rings. The van der Waals surface area contributed by atoms with Crippen molar-refractivity contribution in [3.8, 4) is 0 Å². The highest BCUT2D eigenvalue weighted by Gasteiger charge is 2.25. The Balaban J connectivity index is 1.79. The Bertz CT molecular complexity index is 773. The van der Waals surface area contributed by atoms with E-state index in [-0.39, 0.29) is 24.3 Å². The fourth-order valence-corrected chi connectivity index (χ4v) is 2.81. The molecular formula is C19H21N3O2. The smallest absolute Gasteiger partial charge is 0.258 e. The van der Waals surface area contributed by atoms with Gasteiger partial charge in [0.05, 0.1) is 0 Å². The molecule has 0 fully saturated rings. The summed E-state index contributed by atoms with van der Waals surface area (Å²) < 4.78 is 0. The van der Waals surface area contributed by atoms with Crippen LogP contribution < -0.4 is 16.0 Å². The molecule has 5 nitrogen and oxygen atoms in total. The lowest BCUT2D eigenvalue weighted by molar-refractivity contribution is -0.119. The summed E-state index contributed by atoms with van der Waals surface area (Å²) >= 11 is 0. The summed E-state index contributed by atoms with van der Waals surface area (Å²) in [4.78, 5) is 26.6. The van der Waals surface area contributed by atoms with Gasteiger partial charge in [-0.05, 0) is 36.2 Å². The van der Waals surface area contributed by atoms with E-state index >= 15 is 0 Å². The van der Waals surface area contributed by atoms with Gasteiger partial charge in [-0.1, -0.05) is 31.2 Å². The predicted octanol–water partition coefficient (Wildman–Crippen LogP) is 2.42. The number of hydrogen-bond acceptors (Lipinski definition) is 3. The quantitative estimate of drug-likeness (QED) is 0.907. The third-order valence-electron chi connectivity index (χ3n) is 4.31. The van der Waals surface area contributed by atoms with Crippen LogP contribution in [0.4, 0.5) is 11.4 Å². The van der Waals surface area contributed by atoms with Crippen molar-refractivity contribution >= 4 is 23.2 Å². The first kappa shape index (κ1) is 16.2. The van der Waals surface area contributed by atoms with Gasteiger partial charge in [0.1, 0.15) is 0 Å². The molecule has 0 saturated carbocycles. The lowest BCUT2D eigenvalue weighted by Gasteiger charge is -2.18. The van der Waals surface area contributed by atoms with Gasteiger partial charge in [-0.25, -0.2) is 0 Å². The number of carbonyl (C=O) groups excluding carboxylic acids is 2. The van der Waals surface area contributed by atoms with E-state index in [9.17, 15) is 9.59 Å². The highest BCUT2D eigenvalue weighted by atomic mass is 16.2. The average molecular weight is 323 g/mol. The number of nitrogens with two attached hydrogens (primary N) is 1. The molecule has 1 unspecified atom stereocenters. The number of carbonyl (C=O) groups is 2. The van der Waals surface area contributed by atoms with E-state index in [0.717, 1.165) is 12.1 Å². The molecule has 3 rings (SSSR count). The minimum atomic E-state index is -0.269. The van der Waals surface area contributed by atoms with E-state index in [1.54, 1.807) is 36.1 Å². The summed E-state index contributed by atoms with van der Waals surface area (Å²) in [7, 11) is 0. The molecule has 0 spiro atoms. The second kappa shape index (κ2) is 6.84. The van der Waals surface area contributed by atoms with Crippen LogP contribution in [0.5, 0.6) is 0 Å². The van der Waals surface area contributed by atoms with Gasteiger partial charge in [-0.2, -0.15) is 0 Å². The molecule has 124 valence electrons. The fraction of sp³-hybridized carbons (Fsp3) is 0.263. The molecule has 1 aliphatic heterocycles. The normalized spacial score (nSPS) is 14.2. The molecule has 2 aromatic carbocycles. The number of nitrogens with zero attached hydrogens (tertiary/aromatic N) is 1. The first-order chi connectivity index (χ1) is 11.6. The van der Waals surface area contributed by atoms with Crippen molar-refractivity contribution in [2.75, 3.05) is 23.3 Å². The maximum absolute atomic E-state index is 12.8.